The third-order valence-corrected chi connectivity index (χ3v) is 3.61. The first-order chi connectivity index (χ1) is 9.40. The van der Waals surface area contributed by atoms with Crippen LogP contribution in [0.25, 0.3) is 11.3 Å². The second-order valence-corrected chi connectivity index (χ2v) is 6.07. The zero-order valence-electron chi connectivity index (χ0n) is 11.6. The Kier molecular flexibility index (Phi) is 4.28. The van der Waals surface area contributed by atoms with Gasteiger partial charge in [-0.15, -0.1) is 0 Å². The van der Waals surface area contributed by atoms with Crippen molar-refractivity contribution in [1.29, 1.82) is 0 Å². The van der Waals surface area contributed by atoms with E-state index in [2.05, 4.69) is 21.1 Å². The van der Waals surface area contributed by atoms with E-state index in [0.717, 1.165) is 15.6 Å². The molecule has 20 heavy (non-hydrogen) atoms. The van der Waals surface area contributed by atoms with Crippen molar-refractivity contribution in [3.05, 3.63) is 39.6 Å². The molecule has 0 radical (unpaired) electrons. The molecule has 1 N–H and O–H groups in total. The Morgan fingerprint density at radius 2 is 2.15 bits per heavy atom. The lowest BCUT2D eigenvalue weighted by atomic mass is 10.0. The predicted octanol–water partition coefficient (Wildman–Crippen LogP) is 4.31. The van der Waals surface area contributed by atoms with Gasteiger partial charge in [-0.3, -0.25) is 0 Å². The van der Waals surface area contributed by atoms with Crippen LogP contribution in [0.5, 0.6) is 0 Å². The van der Waals surface area contributed by atoms with E-state index in [1.807, 2.05) is 39.0 Å². The second kappa shape index (κ2) is 5.79. The summed E-state index contributed by atoms with van der Waals surface area (Å²) >= 11 is 3.45. The van der Waals surface area contributed by atoms with Gasteiger partial charge in [0.15, 0.2) is 5.76 Å². The Bertz CT molecular complexity index is 647. The van der Waals surface area contributed by atoms with Gasteiger partial charge in [0.1, 0.15) is 11.3 Å². The number of halogens is 1. The number of hydrogen-bond donors (Lipinski definition) is 1. The van der Waals surface area contributed by atoms with Crippen LogP contribution in [0.2, 0.25) is 0 Å². The molecule has 0 aliphatic carbocycles. The summed E-state index contributed by atoms with van der Waals surface area (Å²) in [4.78, 5) is 11.5. The van der Waals surface area contributed by atoms with Crippen molar-refractivity contribution in [2.45, 2.75) is 27.2 Å². The molecule has 1 aromatic heterocycles. The molecule has 0 amide bonds. The lowest BCUT2D eigenvalue weighted by molar-refractivity contribution is 0.0695. The molecule has 0 spiro atoms. The highest BCUT2D eigenvalue weighted by Crippen LogP contribution is 2.33. The highest BCUT2D eigenvalue weighted by molar-refractivity contribution is 9.10. The van der Waals surface area contributed by atoms with Crippen LogP contribution in [0.3, 0.4) is 0 Å². The molecule has 0 aliphatic rings. The van der Waals surface area contributed by atoms with Crippen LogP contribution in [0.4, 0.5) is 0 Å². The van der Waals surface area contributed by atoms with Crippen molar-refractivity contribution >= 4 is 21.9 Å². The number of aromatic carboxylic acids is 1. The summed E-state index contributed by atoms with van der Waals surface area (Å²) in [5, 5.41) is 13.4. The van der Waals surface area contributed by atoms with Crippen LogP contribution < -0.4 is 0 Å². The maximum Gasteiger partial charge on any atom is 0.341 e. The Labute approximate surface area is 125 Å². The van der Waals surface area contributed by atoms with E-state index in [4.69, 9.17) is 4.52 Å². The van der Waals surface area contributed by atoms with Crippen LogP contribution in [-0.4, -0.2) is 16.2 Å². The van der Waals surface area contributed by atoms with Crippen molar-refractivity contribution in [3.63, 3.8) is 0 Å². The summed E-state index contributed by atoms with van der Waals surface area (Å²) in [6.45, 7) is 5.99. The summed E-state index contributed by atoms with van der Waals surface area (Å²) in [7, 11) is 0. The quantitative estimate of drug-likeness (QED) is 0.902. The molecule has 0 saturated heterocycles. The first kappa shape index (κ1) is 14.8. The molecule has 2 rings (SSSR count). The minimum atomic E-state index is -1.01. The first-order valence-corrected chi connectivity index (χ1v) is 7.17. The van der Waals surface area contributed by atoms with Gasteiger partial charge in [0.25, 0.3) is 0 Å². The highest BCUT2D eigenvalue weighted by Gasteiger charge is 2.25. The van der Waals surface area contributed by atoms with Gasteiger partial charge >= 0.3 is 5.97 Å². The number of aryl methyl sites for hydroxylation is 1. The zero-order chi connectivity index (χ0) is 14.9. The van der Waals surface area contributed by atoms with Crippen molar-refractivity contribution in [2.75, 3.05) is 0 Å². The van der Waals surface area contributed by atoms with E-state index in [-0.39, 0.29) is 5.56 Å². The van der Waals surface area contributed by atoms with E-state index in [1.54, 1.807) is 0 Å². The summed E-state index contributed by atoms with van der Waals surface area (Å²) in [6, 6.07) is 5.70. The molecule has 2 aromatic rings. The average molecular weight is 338 g/mol. The van der Waals surface area contributed by atoms with Crippen LogP contribution in [0.1, 0.15) is 35.5 Å². The molecule has 5 heteroatoms. The lowest BCUT2D eigenvalue weighted by Gasteiger charge is -2.04. The van der Waals surface area contributed by atoms with Crippen LogP contribution in [0.15, 0.2) is 27.2 Å². The number of carboxylic acids is 1. The van der Waals surface area contributed by atoms with E-state index in [9.17, 15) is 9.90 Å². The standard InChI is InChI=1S/C15H16BrNO3/c1-8(2)6-12-13(15(18)19)14(17-20-12)10-5-4-9(3)7-11(10)16/h4-5,7-8H,6H2,1-3H3,(H,18,19). The summed E-state index contributed by atoms with van der Waals surface area (Å²) in [5.74, 6) is -0.283. The third-order valence-electron chi connectivity index (χ3n) is 2.95. The van der Waals surface area contributed by atoms with Gasteiger partial charge in [0.2, 0.25) is 0 Å². The molecule has 106 valence electrons. The average Bonchev–Trinajstić information content (AvgIpc) is 2.71. The van der Waals surface area contributed by atoms with E-state index < -0.39 is 5.97 Å². The SMILES string of the molecule is Cc1ccc(-c2noc(CC(C)C)c2C(=O)O)c(Br)c1. The van der Waals surface area contributed by atoms with Crippen molar-refractivity contribution in [2.24, 2.45) is 5.92 Å². The predicted molar refractivity (Wildman–Crippen MR) is 79.9 cm³/mol. The summed E-state index contributed by atoms with van der Waals surface area (Å²) in [6.07, 6.45) is 0.554. The Morgan fingerprint density at radius 1 is 1.45 bits per heavy atom. The molecule has 0 unspecified atom stereocenters. The van der Waals surface area contributed by atoms with E-state index in [0.29, 0.717) is 23.8 Å². The van der Waals surface area contributed by atoms with Crippen molar-refractivity contribution < 1.29 is 14.4 Å². The first-order valence-electron chi connectivity index (χ1n) is 6.38. The topological polar surface area (TPSA) is 63.3 Å². The molecule has 4 nitrogen and oxygen atoms in total. The van der Waals surface area contributed by atoms with Gasteiger partial charge < -0.3 is 9.63 Å². The Balaban J connectivity index is 2.56. The van der Waals surface area contributed by atoms with Crippen LogP contribution in [0, 0.1) is 12.8 Å². The van der Waals surface area contributed by atoms with Crippen LogP contribution >= 0.6 is 15.9 Å². The summed E-state index contributed by atoms with van der Waals surface area (Å²) < 4.78 is 6.07. The highest BCUT2D eigenvalue weighted by atomic mass is 79.9. The molecule has 1 aromatic carbocycles. The molecule has 0 saturated carbocycles. The van der Waals surface area contributed by atoms with Crippen molar-refractivity contribution in [3.8, 4) is 11.3 Å². The number of rotatable bonds is 4. The van der Waals surface area contributed by atoms with Gasteiger partial charge in [-0.05, 0) is 24.5 Å². The molecule has 0 fully saturated rings. The largest absolute Gasteiger partial charge is 0.477 e. The fourth-order valence-electron chi connectivity index (χ4n) is 2.05. The molecule has 0 bridgehead atoms. The summed E-state index contributed by atoms with van der Waals surface area (Å²) in [5.41, 5.74) is 2.35. The lowest BCUT2D eigenvalue weighted by Crippen LogP contribution is -2.04. The van der Waals surface area contributed by atoms with Crippen LogP contribution in [-0.2, 0) is 6.42 Å². The minimum absolute atomic E-state index is 0.156. The number of benzene rings is 1. The van der Waals surface area contributed by atoms with Gasteiger partial charge in [0.05, 0.1) is 0 Å². The van der Waals surface area contributed by atoms with E-state index >= 15 is 0 Å². The maximum absolute atomic E-state index is 11.5. The van der Waals surface area contributed by atoms with Crippen molar-refractivity contribution in [1.82, 2.24) is 5.16 Å². The normalized spacial score (nSPS) is 11.1. The molecule has 0 aliphatic heterocycles. The number of nitrogens with zero attached hydrogens (tertiary/aromatic N) is 1. The Hall–Kier alpha value is -1.62. The maximum atomic E-state index is 11.5. The molecular formula is C15H16BrNO3. The van der Waals surface area contributed by atoms with Gasteiger partial charge in [-0.1, -0.05) is 47.1 Å². The number of carboxylic acid groups (broad SMARTS) is 1. The van der Waals surface area contributed by atoms with Gasteiger partial charge in [-0.25, -0.2) is 4.79 Å². The Morgan fingerprint density at radius 3 is 2.70 bits per heavy atom. The van der Waals surface area contributed by atoms with Gasteiger partial charge in [0, 0.05) is 16.5 Å². The second-order valence-electron chi connectivity index (χ2n) is 5.22. The fourth-order valence-corrected chi connectivity index (χ4v) is 2.73. The third kappa shape index (κ3) is 2.93. The fraction of sp³-hybridized carbons (Fsp3) is 0.333. The number of hydrogen-bond acceptors (Lipinski definition) is 3. The zero-order valence-corrected chi connectivity index (χ0v) is 13.2. The molecule has 1 heterocycles. The monoisotopic (exact) mass is 337 g/mol. The van der Waals surface area contributed by atoms with Gasteiger partial charge in [-0.2, -0.15) is 0 Å². The number of aromatic nitrogens is 1. The molecular weight excluding hydrogens is 322 g/mol. The minimum Gasteiger partial charge on any atom is -0.477 e. The molecule has 0 atom stereocenters. The van der Waals surface area contributed by atoms with E-state index in [1.165, 1.54) is 0 Å². The smallest absolute Gasteiger partial charge is 0.341 e. The number of carbonyl (C=O) groups is 1.